The first kappa shape index (κ1) is 12.3. The normalized spacial score (nSPS) is 23.7. The van der Waals surface area contributed by atoms with Crippen molar-refractivity contribution in [3.05, 3.63) is 23.5 Å². The quantitative estimate of drug-likeness (QED) is 0.805. The molecular weight excluding hydrogens is 243 g/mol. The minimum absolute atomic E-state index is 0.0815. The van der Waals surface area contributed by atoms with Gasteiger partial charge in [-0.1, -0.05) is 6.92 Å². The van der Waals surface area contributed by atoms with E-state index in [2.05, 4.69) is 4.72 Å². The van der Waals surface area contributed by atoms with E-state index in [1.807, 2.05) is 6.92 Å². The number of sulfonamides is 1. The third kappa shape index (κ3) is 2.42. The molecule has 1 aliphatic rings. The maximum atomic E-state index is 13.6. The van der Waals surface area contributed by atoms with Crippen molar-refractivity contribution in [1.82, 2.24) is 4.72 Å². The highest BCUT2D eigenvalue weighted by atomic mass is 32.2. The van der Waals surface area contributed by atoms with Crippen LogP contribution in [0.2, 0.25) is 0 Å². The van der Waals surface area contributed by atoms with Crippen molar-refractivity contribution in [2.45, 2.75) is 31.2 Å². The minimum Gasteiger partial charge on any atom is -0.398 e. The number of anilines is 1. The van der Waals surface area contributed by atoms with Crippen molar-refractivity contribution in [1.29, 1.82) is 0 Å². The summed E-state index contributed by atoms with van der Waals surface area (Å²) in [7, 11) is -3.80. The summed E-state index contributed by atoms with van der Waals surface area (Å²) >= 11 is 0. The Bertz CT molecular complexity index is 557. The molecule has 6 heteroatoms. The maximum absolute atomic E-state index is 13.6. The first-order chi connectivity index (χ1) is 7.81. The summed E-state index contributed by atoms with van der Waals surface area (Å²) in [5.41, 5.74) is 6.40. The van der Waals surface area contributed by atoms with E-state index in [0.717, 1.165) is 12.5 Å². The fourth-order valence-corrected chi connectivity index (χ4v) is 3.08. The lowest BCUT2D eigenvalue weighted by Crippen LogP contribution is -2.27. The van der Waals surface area contributed by atoms with Gasteiger partial charge in [0.1, 0.15) is 10.7 Å². The van der Waals surface area contributed by atoms with Crippen LogP contribution in [0.5, 0.6) is 0 Å². The average Bonchev–Trinajstić information content (AvgIpc) is 2.86. The van der Waals surface area contributed by atoms with Crippen molar-refractivity contribution in [3.63, 3.8) is 0 Å². The van der Waals surface area contributed by atoms with Gasteiger partial charge in [0, 0.05) is 11.7 Å². The van der Waals surface area contributed by atoms with Crippen molar-refractivity contribution in [2.75, 3.05) is 5.73 Å². The molecule has 0 bridgehead atoms. The summed E-state index contributed by atoms with van der Waals surface area (Å²) < 4.78 is 39.9. The molecule has 2 unspecified atom stereocenters. The van der Waals surface area contributed by atoms with Gasteiger partial charge < -0.3 is 5.73 Å². The highest BCUT2D eigenvalue weighted by molar-refractivity contribution is 7.89. The van der Waals surface area contributed by atoms with E-state index < -0.39 is 15.8 Å². The Kier molecular flexibility index (Phi) is 2.87. The molecule has 0 saturated heterocycles. The molecule has 1 aromatic rings. The second kappa shape index (κ2) is 3.96. The van der Waals surface area contributed by atoms with Crippen LogP contribution in [0.15, 0.2) is 17.0 Å². The van der Waals surface area contributed by atoms with E-state index in [4.69, 9.17) is 5.73 Å². The number of nitrogens with two attached hydrogens (primary N) is 1. The Morgan fingerprint density at radius 1 is 1.47 bits per heavy atom. The number of nitrogen functional groups attached to an aromatic ring is 1. The summed E-state index contributed by atoms with van der Waals surface area (Å²) in [5, 5.41) is 0. The molecule has 1 saturated carbocycles. The standard InChI is InChI=1S/C11H15FN2O2S/c1-6-3-8(12)11(5-9(6)13)17(15,16)14-10-4-7(10)2/h3,5,7,10,14H,4,13H2,1-2H3. The molecule has 0 heterocycles. The van der Waals surface area contributed by atoms with Crippen LogP contribution in [0, 0.1) is 18.7 Å². The zero-order chi connectivity index (χ0) is 12.8. The molecule has 1 aromatic carbocycles. The lowest BCUT2D eigenvalue weighted by molar-refractivity contribution is 0.554. The van der Waals surface area contributed by atoms with Gasteiger partial charge >= 0.3 is 0 Å². The second-order valence-electron chi connectivity index (χ2n) is 4.58. The topological polar surface area (TPSA) is 72.2 Å². The second-order valence-corrected chi connectivity index (χ2v) is 6.26. The molecule has 17 heavy (non-hydrogen) atoms. The largest absolute Gasteiger partial charge is 0.398 e. The fraction of sp³-hybridized carbons (Fsp3) is 0.455. The molecule has 0 amide bonds. The number of hydrogen-bond acceptors (Lipinski definition) is 3. The highest BCUT2D eigenvalue weighted by Crippen LogP contribution is 2.31. The van der Waals surface area contributed by atoms with Gasteiger partial charge in [0.25, 0.3) is 0 Å². The summed E-state index contributed by atoms with van der Waals surface area (Å²) in [6.07, 6.45) is 0.794. The number of rotatable bonds is 3. The molecule has 3 N–H and O–H groups in total. The van der Waals surface area contributed by atoms with Crippen molar-refractivity contribution in [3.8, 4) is 0 Å². The van der Waals surface area contributed by atoms with E-state index in [1.54, 1.807) is 6.92 Å². The maximum Gasteiger partial charge on any atom is 0.243 e. The van der Waals surface area contributed by atoms with Gasteiger partial charge in [-0.3, -0.25) is 0 Å². The molecule has 4 nitrogen and oxygen atoms in total. The smallest absolute Gasteiger partial charge is 0.243 e. The van der Waals surface area contributed by atoms with Crippen LogP contribution >= 0.6 is 0 Å². The Hall–Kier alpha value is -1.14. The zero-order valence-electron chi connectivity index (χ0n) is 9.70. The van der Waals surface area contributed by atoms with Crippen LogP contribution in [0.4, 0.5) is 10.1 Å². The summed E-state index contributed by atoms with van der Waals surface area (Å²) in [6.45, 7) is 3.57. The molecule has 1 fully saturated rings. The minimum atomic E-state index is -3.80. The number of aryl methyl sites for hydroxylation is 1. The number of halogens is 1. The summed E-state index contributed by atoms with van der Waals surface area (Å²) in [6, 6.07) is 2.22. The lowest BCUT2D eigenvalue weighted by atomic mass is 10.2. The number of nitrogens with one attached hydrogen (secondary N) is 1. The Morgan fingerprint density at radius 3 is 2.59 bits per heavy atom. The number of benzene rings is 1. The molecule has 94 valence electrons. The van der Waals surface area contributed by atoms with E-state index in [-0.39, 0.29) is 16.6 Å². The first-order valence-corrected chi connectivity index (χ1v) is 6.87. The van der Waals surface area contributed by atoms with Gasteiger partial charge in [-0.2, -0.15) is 0 Å². The van der Waals surface area contributed by atoms with Crippen molar-refractivity contribution < 1.29 is 12.8 Å². The first-order valence-electron chi connectivity index (χ1n) is 5.39. The van der Waals surface area contributed by atoms with Crippen LogP contribution in [-0.4, -0.2) is 14.5 Å². The molecule has 0 spiro atoms. The van der Waals surface area contributed by atoms with Crippen LogP contribution in [-0.2, 0) is 10.0 Å². The fourth-order valence-electron chi connectivity index (χ4n) is 1.62. The Labute approximate surface area is 100 Å². The van der Waals surface area contributed by atoms with Crippen LogP contribution in [0.3, 0.4) is 0 Å². The molecule has 2 atom stereocenters. The van der Waals surface area contributed by atoms with Gasteiger partial charge in [0.05, 0.1) is 0 Å². The lowest BCUT2D eigenvalue weighted by Gasteiger charge is -2.09. The van der Waals surface area contributed by atoms with Crippen LogP contribution in [0.1, 0.15) is 18.9 Å². The van der Waals surface area contributed by atoms with E-state index >= 15 is 0 Å². The number of hydrogen-bond donors (Lipinski definition) is 2. The molecule has 2 rings (SSSR count). The van der Waals surface area contributed by atoms with E-state index in [0.29, 0.717) is 11.5 Å². The van der Waals surface area contributed by atoms with Gasteiger partial charge in [-0.15, -0.1) is 0 Å². The third-order valence-electron chi connectivity index (χ3n) is 3.03. The Morgan fingerprint density at radius 2 is 2.06 bits per heavy atom. The predicted octanol–water partition coefficient (Wildman–Crippen LogP) is 1.40. The average molecular weight is 258 g/mol. The Balaban J connectivity index is 2.35. The summed E-state index contributed by atoms with van der Waals surface area (Å²) in [5.74, 6) is -0.451. The molecule has 0 aliphatic heterocycles. The van der Waals surface area contributed by atoms with Crippen molar-refractivity contribution in [2.24, 2.45) is 5.92 Å². The van der Waals surface area contributed by atoms with Gasteiger partial charge in [-0.05, 0) is 37.0 Å². The van der Waals surface area contributed by atoms with Gasteiger partial charge in [-0.25, -0.2) is 17.5 Å². The molecule has 0 aromatic heterocycles. The third-order valence-corrected chi connectivity index (χ3v) is 4.53. The van der Waals surface area contributed by atoms with Crippen LogP contribution < -0.4 is 10.5 Å². The van der Waals surface area contributed by atoms with Gasteiger partial charge in [0.15, 0.2) is 0 Å². The predicted molar refractivity (Wildman–Crippen MR) is 63.4 cm³/mol. The van der Waals surface area contributed by atoms with E-state index in [9.17, 15) is 12.8 Å². The van der Waals surface area contributed by atoms with E-state index in [1.165, 1.54) is 6.07 Å². The molecule has 1 aliphatic carbocycles. The summed E-state index contributed by atoms with van der Waals surface area (Å²) in [4.78, 5) is -0.375. The van der Waals surface area contributed by atoms with Crippen molar-refractivity contribution >= 4 is 15.7 Å². The zero-order valence-corrected chi connectivity index (χ0v) is 10.5. The SMILES string of the molecule is Cc1cc(F)c(S(=O)(=O)NC2CC2C)cc1N. The molecular formula is C11H15FN2O2S. The highest BCUT2D eigenvalue weighted by Gasteiger charge is 2.37. The van der Waals surface area contributed by atoms with Gasteiger partial charge in [0.2, 0.25) is 10.0 Å². The monoisotopic (exact) mass is 258 g/mol. The van der Waals surface area contributed by atoms with Crippen LogP contribution in [0.25, 0.3) is 0 Å². The molecule has 0 radical (unpaired) electrons.